The summed E-state index contributed by atoms with van der Waals surface area (Å²) in [6, 6.07) is 17.7. The topological polar surface area (TPSA) is 158 Å². The molecule has 16 heteroatoms. The Bertz CT molecular complexity index is 2620. The van der Waals surface area contributed by atoms with E-state index in [9.17, 15) is 18.0 Å². The van der Waals surface area contributed by atoms with Crippen LogP contribution in [0.3, 0.4) is 0 Å². The Hall–Kier alpha value is -4.70. The molecule has 2 amide bonds. The van der Waals surface area contributed by atoms with Gasteiger partial charge in [0.2, 0.25) is 5.88 Å². The van der Waals surface area contributed by atoms with Gasteiger partial charge in [0.15, 0.2) is 9.84 Å². The first-order valence-electron chi connectivity index (χ1n) is 20.6. The van der Waals surface area contributed by atoms with Crippen molar-refractivity contribution in [3.63, 3.8) is 0 Å². The SMILES string of the molecule is COc1nn(C)cc1C(=O)NS1(=O)=NC(=O)c2ccc3c(c2)N(C[C@@H]2CC[C@H]2[C@@H](OC)/C=C/[C@H](S(=O)(=O)c2ccc(C)cc2)[C@H](C)C1)C[C@@]1(CCCc2cc(Cl)ccc21)CO3. The normalized spacial score (nSPS) is 28.3. The van der Waals surface area contributed by atoms with E-state index in [4.69, 9.17) is 25.8 Å². The highest BCUT2D eigenvalue weighted by Gasteiger charge is 2.45. The van der Waals surface area contributed by atoms with Crippen LogP contribution in [-0.4, -0.2) is 85.2 Å². The summed E-state index contributed by atoms with van der Waals surface area (Å²) in [6.07, 6.45) is 8.99. The second-order valence-electron chi connectivity index (χ2n) is 17.0. The van der Waals surface area contributed by atoms with Crippen molar-refractivity contribution in [2.45, 2.75) is 67.6 Å². The smallest absolute Gasteiger partial charge is 0.286 e. The first-order chi connectivity index (χ1) is 29.1. The molecule has 3 heterocycles. The summed E-state index contributed by atoms with van der Waals surface area (Å²) in [6.45, 7) is 5.16. The van der Waals surface area contributed by atoms with Gasteiger partial charge in [0.25, 0.3) is 11.8 Å². The van der Waals surface area contributed by atoms with Crippen LogP contribution in [0.1, 0.15) is 70.0 Å². The number of amides is 2. The van der Waals surface area contributed by atoms with Crippen molar-refractivity contribution in [1.29, 1.82) is 0 Å². The van der Waals surface area contributed by atoms with Gasteiger partial charge < -0.3 is 19.1 Å². The van der Waals surface area contributed by atoms with Gasteiger partial charge in [0.05, 0.1) is 41.4 Å². The number of benzene rings is 3. The molecule has 2 aliphatic carbocycles. The van der Waals surface area contributed by atoms with Gasteiger partial charge in [0.1, 0.15) is 21.2 Å². The number of hydrogen-bond acceptors (Lipinski definition) is 10. The number of ether oxygens (including phenoxy) is 3. The maximum atomic E-state index is 15.2. The Morgan fingerprint density at radius 3 is 2.57 bits per heavy atom. The number of carbonyl (C=O) groups excluding carboxylic acids is 2. The minimum Gasteiger partial charge on any atom is -0.490 e. The number of aromatic nitrogens is 2. The molecule has 0 radical (unpaired) electrons. The van der Waals surface area contributed by atoms with Crippen LogP contribution in [0.4, 0.5) is 5.69 Å². The van der Waals surface area contributed by atoms with Crippen LogP contribution in [0.25, 0.3) is 0 Å². The molecule has 3 aromatic carbocycles. The van der Waals surface area contributed by atoms with Crippen molar-refractivity contribution in [2.75, 3.05) is 44.6 Å². The number of nitrogens with one attached hydrogen (secondary N) is 1. The highest BCUT2D eigenvalue weighted by Crippen LogP contribution is 2.47. The lowest BCUT2D eigenvalue weighted by molar-refractivity contribution is 0.0131. The summed E-state index contributed by atoms with van der Waals surface area (Å²) in [7, 11) is -3.57. The maximum Gasteiger partial charge on any atom is 0.286 e. The Morgan fingerprint density at radius 1 is 1.07 bits per heavy atom. The molecule has 13 nitrogen and oxygen atoms in total. The number of anilines is 1. The quantitative estimate of drug-likeness (QED) is 0.202. The van der Waals surface area contributed by atoms with Gasteiger partial charge in [-0.2, -0.15) is 0 Å². The van der Waals surface area contributed by atoms with E-state index in [1.165, 1.54) is 29.1 Å². The Morgan fingerprint density at radius 2 is 1.85 bits per heavy atom. The Balaban J connectivity index is 1.27. The molecule has 1 unspecified atom stereocenters. The number of carbonyl (C=O) groups is 2. The number of methoxy groups -OCH3 is 2. The van der Waals surface area contributed by atoms with Crippen molar-refractivity contribution in [2.24, 2.45) is 29.2 Å². The van der Waals surface area contributed by atoms with E-state index >= 15 is 4.21 Å². The van der Waals surface area contributed by atoms with Gasteiger partial charge in [-0.3, -0.25) is 19.0 Å². The standard InChI is InChI=1S/C45H52ClN5O8S2/c1-28-8-13-34(14-9-28)61(55,56)41-19-18-39(57-4)35-15-10-32(35)23-51-26-45(20-6-7-30-21-33(46)12-16-37(30)45)27-59-40-17-11-31(22-38(40)51)42(52)48-60(54,25-29(41)2)49-43(53)36-24-50(3)47-44(36)58-5/h8-9,11-14,16-19,21-22,24,29,32,35,39,41H,6-7,10,15,20,23,25-27H2,1-5H3,(H,48,49,52,53,54)/b19-18+/t29-,32+,35-,39+,41+,45+,60?/m1/s1. The third kappa shape index (κ3) is 8.46. The van der Waals surface area contributed by atoms with Gasteiger partial charge in [-0.1, -0.05) is 54.4 Å². The highest BCUT2D eigenvalue weighted by molar-refractivity contribution is 7.93. The average Bonchev–Trinajstić information content (AvgIpc) is 3.53. The molecular weight excluding hydrogens is 838 g/mol. The Kier molecular flexibility index (Phi) is 11.9. The molecule has 2 aliphatic heterocycles. The molecule has 0 saturated heterocycles. The number of sulfone groups is 1. The second-order valence-corrected chi connectivity index (χ2v) is 21.6. The zero-order valence-corrected chi connectivity index (χ0v) is 37.4. The largest absolute Gasteiger partial charge is 0.490 e. The van der Waals surface area contributed by atoms with Gasteiger partial charge in [0, 0.05) is 49.4 Å². The van der Waals surface area contributed by atoms with Crippen LogP contribution < -0.4 is 19.1 Å². The lowest BCUT2D eigenvalue weighted by Crippen LogP contribution is -2.49. The van der Waals surface area contributed by atoms with Crippen LogP contribution in [-0.2, 0) is 43.4 Å². The average molecular weight is 891 g/mol. The predicted molar refractivity (Wildman–Crippen MR) is 235 cm³/mol. The van der Waals surface area contributed by atoms with E-state index in [1.807, 2.05) is 25.1 Å². The molecule has 1 fully saturated rings. The number of hydrogen-bond donors (Lipinski definition) is 1. The molecule has 1 N–H and O–H groups in total. The van der Waals surface area contributed by atoms with E-state index in [0.717, 1.165) is 43.4 Å². The number of aryl methyl sites for hydroxylation is 3. The maximum absolute atomic E-state index is 15.2. The predicted octanol–water partition coefficient (Wildman–Crippen LogP) is 6.91. The lowest BCUT2D eigenvalue weighted by Gasteiger charge is -2.46. The summed E-state index contributed by atoms with van der Waals surface area (Å²) in [4.78, 5) is 30.7. The third-order valence-electron chi connectivity index (χ3n) is 12.9. The fourth-order valence-electron chi connectivity index (χ4n) is 9.60. The minimum absolute atomic E-state index is 0.0226. The number of fused-ring (bicyclic) bond motifs is 4. The lowest BCUT2D eigenvalue weighted by atomic mass is 9.68. The van der Waals surface area contributed by atoms with Crippen LogP contribution in [0, 0.1) is 24.7 Å². The molecule has 8 rings (SSSR count). The second kappa shape index (κ2) is 16.9. The van der Waals surface area contributed by atoms with E-state index < -0.39 is 54.6 Å². The molecule has 61 heavy (non-hydrogen) atoms. The van der Waals surface area contributed by atoms with Crippen LogP contribution in [0.15, 0.2) is 88.3 Å². The van der Waals surface area contributed by atoms with Gasteiger partial charge in [-0.25, -0.2) is 12.6 Å². The summed E-state index contributed by atoms with van der Waals surface area (Å²) >= 11 is 6.49. The molecule has 4 aliphatic rings. The summed E-state index contributed by atoms with van der Waals surface area (Å²) in [5, 5.41) is 3.61. The van der Waals surface area contributed by atoms with Gasteiger partial charge in [-0.15, -0.1) is 9.46 Å². The monoisotopic (exact) mass is 889 g/mol. The van der Waals surface area contributed by atoms with Crippen molar-refractivity contribution < 1.29 is 36.4 Å². The third-order valence-corrected chi connectivity index (χ3v) is 17.3. The molecular formula is C45H52ClN5O8S2. The summed E-state index contributed by atoms with van der Waals surface area (Å²) in [5.74, 6) is -2.27. The van der Waals surface area contributed by atoms with Crippen molar-refractivity contribution in [3.05, 3.63) is 112 Å². The van der Waals surface area contributed by atoms with Crippen LogP contribution in [0.5, 0.6) is 11.6 Å². The molecule has 4 aromatic rings. The number of rotatable bonds is 6. The molecule has 1 spiro atoms. The van der Waals surface area contributed by atoms with Crippen molar-refractivity contribution >= 4 is 48.9 Å². The number of halogens is 1. The molecule has 1 saturated carbocycles. The van der Waals surface area contributed by atoms with Crippen molar-refractivity contribution in [3.8, 4) is 11.6 Å². The van der Waals surface area contributed by atoms with Crippen molar-refractivity contribution in [1.82, 2.24) is 14.5 Å². The van der Waals surface area contributed by atoms with Gasteiger partial charge >= 0.3 is 0 Å². The van der Waals surface area contributed by atoms with Crippen LogP contribution in [0.2, 0.25) is 5.02 Å². The Labute approximate surface area is 363 Å². The van der Waals surface area contributed by atoms with E-state index in [0.29, 0.717) is 30.5 Å². The molecule has 324 valence electrons. The van der Waals surface area contributed by atoms with Gasteiger partial charge in [-0.05, 0) is 110 Å². The zero-order chi connectivity index (χ0) is 43.3. The molecule has 2 bridgehead atoms. The fraction of sp³-hybridized carbons (Fsp3) is 0.444. The minimum atomic E-state index is -4.11. The molecule has 7 atom stereocenters. The van der Waals surface area contributed by atoms with E-state index in [2.05, 4.69) is 25.1 Å². The zero-order valence-electron chi connectivity index (χ0n) is 35.0. The molecule has 1 aromatic heterocycles. The summed E-state index contributed by atoms with van der Waals surface area (Å²) in [5.41, 5.74) is 3.75. The first kappa shape index (κ1) is 43.0. The number of nitrogens with zero attached hydrogens (tertiary/aromatic N) is 4. The van der Waals surface area contributed by atoms with Crippen LogP contribution >= 0.6 is 11.6 Å². The highest BCUT2D eigenvalue weighted by atomic mass is 35.5. The first-order valence-corrected chi connectivity index (χ1v) is 24.2. The fourth-order valence-corrected chi connectivity index (χ4v) is 13.6. The van der Waals surface area contributed by atoms with E-state index in [1.54, 1.807) is 69.6 Å². The summed E-state index contributed by atoms with van der Waals surface area (Å²) < 4.78 is 70.7. The van der Waals surface area contributed by atoms with E-state index in [-0.39, 0.29) is 39.2 Å².